The summed E-state index contributed by atoms with van der Waals surface area (Å²) >= 11 is 5.84. The molecular formula is C23H24ClF3N2O2. The van der Waals surface area contributed by atoms with Gasteiger partial charge in [0.05, 0.1) is 16.9 Å². The average Bonchev–Trinajstić information content (AvgIpc) is 2.93. The van der Waals surface area contributed by atoms with E-state index in [0.29, 0.717) is 6.42 Å². The zero-order chi connectivity index (χ0) is 23.1. The molecule has 31 heavy (non-hydrogen) atoms. The average molecular weight is 453 g/mol. The van der Waals surface area contributed by atoms with E-state index in [-0.39, 0.29) is 23.2 Å². The van der Waals surface area contributed by atoms with Gasteiger partial charge >= 0.3 is 6.18 Å². The van der Waals surface area contributed by atoms with Crippen molar-refractivity contribution >= 4 is 34.8 Å². The largest absolute Gasteiger partial charge is 0.416 e. The molecule has 1 aliphatic heterocycles. The standard InChI is InChI=1S/C23H24ClF3N2O2/c1-5-22(21(31)28-18-10-16(23(25,26)27)9-17(24)11-18)12-29(20(30)15(22)4)19-13(2)7-6-8-14(19)3/h6-11,15H,5,12H2,1-4H3,(H,28,31). The number of alkyl halides is 3. The lowest BCUT2D eigenvalue weighted by Gasteiger charge is -2.30. The molecule has 2 amide bonds. The van der Waals surface area contributed by atoms with Gasteiger partial charge in [-0.2, -0.15) is 13.2 Å². The molecule has 166 valence electrons. The van der Waals surface area contributed by atoms with E-state index in [4.69, 9.17) is 11.6 Å². The van der Waals surface area contributed by atoms with E-state index in [1.54, 1.807) is 18.7 Å². The van der Waals surface area contributed by atoms with E-state index < -0.39 is 29.0 Å². The van der Waals surface area contributed by atoms with Crippen LogP contribution in [-0.2, 0) is 15.8 Å². The Bertz CT molecular complexity index is 1020. The summed E-state index contributed by atoms with van der Waals surface area (Å²) in [5.41, 5.74) is 0.503. The molecule has 2 unspecified atom stereocenters. The molecule has 0 aromatic heterocycles. The molecule has 4 nitrogen and oxygen atoms in total. The normalized spacial score (nSPS) is 21.5. The Morgan fingerprint density at radius 3 is 2.39 bits per heavy atom. The van der Waals surface area contributed by atoms with Crippen molar-refractivity contribution in [3.63, 3.8) is 0 Å². The Kier molecular flexibility index (Phi) is 6.11. The number of nitrogens with zero attached hydrogens (tertiary/aromatic N) is 1. The summed E-state index contributed by atoms with van der Waals surface area (Å²) in [4.78, 5) is 28.1. The lowest BCUT2D eigenvalue weighted by molar-refractivity contribution is -0.137. The number of nitrogens with one attached hydrogen (secondary N) is 1. The van der Waals surface area contributed by atoms with Gasteiger partial charge in [0, 0.05) is 22.9 Å². The second kappa shape index (κ2) is 8.19. The summed E-state index contributed by atoms with van der Waals surface area (Å²) in [6.07, 6.45) is -4.25. The Labute approximate surface area is 184 Å². The molecule has 1 heterocycles. The zero-order valence-electron chi connectivity index (χ0n) is 17.7. The molecule has 2 atom stereocenters. The highest BCUT2D eigenvalue weighted by atomic mass is 35.5. The predicted molar refractivity (Wildman–Crippen MR) is 115 cm³/mol. The molecule has 2 aromatic carbocycles. The molecule has 0 spiro atoms. The lowest BCUT2D eigenvalue weighted by atomic mass is 9.75. The van der Waals surface area contributed by atoms with Crippen molar-refractivity contribution in [3.05, 3.63) is 58.1 Å². The fraction of sp³-hybridized carbons (Fsp3) is 0.391. The molecule has 0 aliphatic carbocycles. The molecule has 0 saturated carbocycles. The Morgan fingerprint density at radius 2 is 1.84 bits per heavy atom. The SMILES string of the molecule is CCC1(C(=O)Nc2cc(Cl)cc(C(F)(F)F)c2)CN(c2c(C)cccc2C)C(=O)C1C. The van der Waals surface area contributed by atoms with Crippen molar-refractivity contribution in [1.29, 1.82) is 0 Å². The first-order chi connectivity index (χ1) is 14.4. The van der Waals surface area contributed by atoms with Crippen LogP contribution >= 0.6 is 11.6 Å². The van der Waals surface area contributed by atoms with Crippen LogP contribution in [-0.4, -0.2) is 18.4 Å². The number of amides is 2. The first kappa shape index (κ1) is 23.1. The van der Waals surface area contributed by atoms with Crippen molar-refractivity contribution in [2.24, 2.45) is 11.3 Å². The summed E-state index contributed by atoms with van der Waals surface area (Å²) in [5, 5.41) is 2.44. The zero-order valence-corrected chi connectivity index (χ0v) is 18.5. The van der Waals surface area contributed by atoms with E-state index in [9.17, 15) is 22.8 Å². The number of hydrogen-bond donors (Lipinski definition) is 1. The lowest BCUT2D eigenvalue weighted by Crippen LogP contribution is -2.42. The third kappa shape index (κ3) is 4.15. The van der Waals surface area contributed by atoms with Gasteiger partial charge in [0.25, 0.3) is 0 Å². The number of rotatable bonds is 4. The maximum atomic E-state index is 13.3. The molecular weight excluding hydrogens is 429 g/mol. The highest BCUT2D eigenvalue weighted by Gasteiger charge is 2.54. The number of halogens is 4. The second-order valence-corrected chi connectivity index (χ2v) is 8.51. The number of para-hydroxylation sites is 1. The van der Waals surface area contributed by atoms with Crippen LogP contribution in [0, 0.1) is 25.2 Å². The Balaban J connectivity index is 1.96. The van der Waals surface area contributed by atoms with Gasteiger partial charge in [-0.15, -0.1) is 0 Å². The van der Waals surface area contributed by atoms with Crippen LogP contribution in [0.4, 0.5) is 24.5 Å². The first-order valence-corrected chi connectivity index (χ1v) is 10.4. The van der Waals surface area contributed by atoms with Crippen LogP contribution in [0.3, 0.4) is 0 Å². The molecule has 1 saturated heterocycles. The maximum absolute atomic E-state index is 13.3. The quantitative estimate of drug-likeness (QED) is 0.619. The number of carbonyl (C=O) groups excluding carboxylic acids is 2. The van der Waals surface area contributed by atoms with Crippen molar-refractivity contribution < 1.29 is 22.8 Å². The number of anilines is 2. The summed E-state index contributed by atoms with van der Waals surface area (Å²) < 4.78 is 39.4. The second-order valence-electron chi connectivity index (χ2n) is 8.08. The minimum Gasteiger partial charge on any atom is -0.325 e. The van der Waals surface area contributed by atoms with Crippen molar-refractivity contribution in [2.75, 3.05) is 16.8 Å². The van der Waals surface area contributed by atoms with Crippen LogP contribution in [0.25, 0.3) is 0 Å². The summed E-state index contributed by atoms with van der Waals surface area (Å²) in [6.45, 7) is 7.44. The van der Waals surface area contributed by atoms with Gasteiger partial charge in [0.15, 0.2) is 0 Å². The van der Waals surface area contributed by atoms with Gasteiger partial charge in [0.1, 0.15) is 0 Å². The molecule has 0 radical (unpaired) electrons. The predicted octanol–water partition coefficient (Wildman–Crippen LogP) is 5.99. The number of benzene rings is 2. The molecule has 1 N–H and O–H groups in total. The first-order valence-electron chi connectivity index (χ1n) is 9.97. The van der Waals surface area contributed by atoms with Crippen molar-refractivity contribution in [3.8, 4) is 0 Å². The fourth-order valence-corrected chi connectivity index (χ4v) is 4.55. The Morgan fingerprint density at radius 1 is 1.23 bits per heavy atom. The summed E-state index contributed by atoms with van der Waals surface area (Å²) in [5.74, 6) is -1.32. The molecule has 2 aromatic rings. The number of carbonyl (C=O) groups is 2. The Hall–Kier alpha value is -2.54. The molecule has 1 aliphatic rings. The van der Waals surface area contributed by atoms with Gasteiger partial charge < -0.3 is 10.2 Å². The van der Waals surface area contributed by atoms with Crippen LogP contribution in [0.5, 0.6) is 0 Å². The number of aryl methyl sites for hydroxylation is 2. The highest BCUT2D eigenvalue weighted by molar-refractivity contribution is 6.31. The third-order valence-electron chi connectivity index (χ3n) is 6.18. The van der Waals surface area contributed by atoms with Gasteiger partial charge in [-0.3, -0.25) is 9.59 Å². The van der Waals surface area contributed by atoms with Gasteiger partial charge in [-0.05, 0) is 49.6 Å². The van der Waals surface area contributed by atoms with Crippen LogP contribution in [0.1, 0.15) is 37.0 Å². The van der Waals surface area contributed by atoms with Gasteiger partial charge in [-0.25, -0.2) is 0 Å². The minimum atomic E-state index is -4.59. The third-order valence-corrected chi connectivity index (χ3v) is 6.40. The maximum Gasteiger partial charge on any atom is 0.416 e. The van der Waals surface area contributed by atoms with E-state index in [2.05, 4.69) is 5.32 Å². The van der Waals surface area contributed by atoms with Gasteiger partial charge in [-0.1, -0.05) is 43.6 Å². The smallest absolute Gasteiger partial charge is 0.325 e. The van der Waals surface area contributed by atoms with Crippen molar-refractivity contribution in [1.82, 2.24) is 0 Å². The van der Waals surface area contributed by atoms with E-state index in [1.807, 2.05) is 32.0 Å². The molecule has 3 rings (SSSR count). The van der Waals surface area contributed by atoms with Crippen LogP contribution in [0.2, 0.25) is 5.02 Å². The van der Waals surface area contributed by atoms with E-state index in [1.165, 1.54) is 6.07 Å². The van der Waals surface area contributed by atoms with Gasteiger partial charge in [0.2, 0.25) is 11.8 Å². The monoisotopic (exact) mass is 452 g/mol. The summed E-state index contributed by atoms with van der Waals surface area (Å²) in [7, 11) is 0. The molecule has 0 bridgehead atoms. The summed E-state index contributed by atoms with van der Waals surface area (Å²) in [6, 6.07) is 8.61. The fourth-order valence-electron chi connectivity index (χ4n) is 4.32. The minimum absolute atomic E-state index is 0.0529. The van der Waals surface area contributed by atoms with E-state index in [0.717, 1.165) is 28.9 Å². The molecule has 1 fully saturated rings. The topological polar surface area (TPSA) is 49.4 Å². The van der Waals surface area contributed by atoms with Crippen LogP contribution < -0.4 is 10.2 Å². The van der Waals surface area contributed by atoms with Crippen molar-refractivity contribution in [2.45, 2.75) is 40.3 Å². The highest BCUT2D eigenvalue weighted by Crippen LogP contribution is 2.44. The van der Waals surface area contributed by atoms with Crippen LogP contribution in [0.15, 0.2) is 36.4 Å². The molecule has 8 heteroatoms. The number of hydrogen-bond acceptors (Lipinski definition) is 2. The van der Waals surface area contributed by atoms with E-state index >= 15 is 0 Å².